The fourth-order valence-corrected chi connectivity index (χ4v) is 2.66. The van der Waals surface area contributed by atoms with Crippen molar-refractivity contribution < 1.29 is 19.5 Å². The molecule has 0 aliphatic carbocycles. The Balaban J connectivity index is 2.11. The number of carbonyl (C=O) groups excluding carboxylic acids is 2. The number of carbonyl (C=O) groups is 3. The van der Waals surface area contributed by atoms with Crippen molar-refractivity contribution in [3.8, 4) is 0 Å². The number of amides is 3. The predicted molar refractivity (Wildman–Crippen MR) is 107 cm³/mol. The second-order valence-corrected chi connectivity index (χ2v) is 6.82. The highest BCUT2D eigenvalue weighted by Gasteiger charge is 2.27. The van der Waals surface area contributed by atoms with Crippen LogP contribution in [0.2, 0.25) is 0 Å². The second-order valence-electron chi connectivity index (χ2n) is 6.82. The number of carboxylic acid groups (broad SMARTS) is 1. The van der Waals surface area contributed by atoms with Gasteiger partial charge in [0.1, 0.15) is 0 Å². The van der Waals surface area contributed by atoms with Gasteiger partial charge in [-0.3, -0.25) is 9.59 Å². The summed E-state index contributed by atoms with van der Waals surface area (Å²) in [6.07, 6.45) is 0. The van der Waals surface area contributed by atoms with Crippen LogP contribution in [0.1, 0.15) is 42.7 Å². The van der Waals surface area contributed by atoms with Gasteiger partial charge in [0.2, 0.25) is 0 Å². The number of rotatable bonds is 7. The van der Waals surface area contributed by atoms with E-state index in [1.807, 2.05) is 19.9 Å². The number of anilines is 1. The van der Waals surface area contributed by atoms with Crippen LogP contribution < -0.4 is 16.0 Å². The molecule has 7 nitrogen and oxygen atoms in total. The van der Waals surface area contributed by atoms with Crippen LogP contribution in [-0.4, -0.2) is 29.1 Å². The van der Waals surface area contributed by atoms with Crippen LogP contribution in [0.4, 0.5) is 10.5 Å². The summed E-state index contributed by atoms with van der Waals surface area (Å²) in [6, 6.07) is 14.4. The Morgan fingerprint density at radius 2 is 1.46 bits per heavy atom. The summed E-state index contributed by atoms with van der Waals surface area (Å²) < 4.78 is 0. The van der Waals surface area contributed by atoms with Crippen molar-refractivity contribution in [3.05, 3.63) is 65.7 Å². The monoisotopic (exact) mass is 383 g/mol. The first-order chi connectivity index (χ1) is 13.3. The molecule has 0 saturated heterocycles. The summed E-state index contributed by atoms with van der Waals surface area (Å²) in [4.78, 5) is 35.8. The molecule has 4 N–H and O–H groups in total. The van der Waals surface area contributed by atoms with E-state index in [1.165, 1.54) is 0 Å². The third-order valence-electron chi connectivity index (χ3n) is 4.16. The number of urea groups is 1. The topological polar surface area (TPSA) is 108 Å². The highest BCUT2D eigenvalue weighted by atomic mass is 16.4. The number of aliphatic carboxylic acids is 1. The van der Waals surface area contributed by atoms with Gasteiger partial charge in [-0.15, -0.1) is 0 Å². The minimum atomic E-state index is -0.995. The van der Waals surface area contributed by atoms with E-state index < -0.39 is 17.9 Å². The minimum Gasteiger partial charge on any atom is -0.481 e. The summed E-state index contributed by atoms with van der Waals surface area (Å²) in [5.74, 6) is -2.18. The van der Waals surface area contributed by atoms with Crippen molar-refractivity contribution in [2.24, 2.45) is 5.92 Å². The molecule has 0 radical (unpaired) electrons. The van der Waals surface area contributed by atoms with Crippen molar-refractivity contribution >= 4 is 23.6 Å². The maximum Gasteiger partial charge on any atom is 0.319 e. The number of benzene rings is 2. The molecule has 28 heavy (non-hydrogen) atoms. The van der Waals surface area contributed by atoms with Crippen LogP contribution in [0, 0.1) is 5.92 Å². The minimum absolute atomic E-state index is 0.0104. The zero-order valence-corrected chi connectivity index (χ0v) is 16.1. The molecule has 148 valence electrons. The smallest absolute Gasteiger partial charge is 0.319 e. The lowest BCUT2D eigenvalue weighted by Gasteiger charge is -2.23. The SMILES string of the molecule is CC(C)NC(=O)Nc1ccc(C(=O)NC(c2ccccc2)C(C)C(=O)O)cc1. The Labute approximate surface area is 164 Å². The standard InChI is InChI=1S/C21H25N3O4/c1-13(2)22-21(28)23-17-11-9-16(10-12-17)19(25)24-18(14(3)20(26)27)15-7-5-4-6-8-15/h4-14,18H,1-3H3,(H,24,25)(H,26,27)(H2,22,23,28). The molecule has 0 aliphatic rings. The van der Waals surface area contributed by atoms with Gasteiger partial charge in [0.25, 0.3) is 5.91 Å². The molecule has 0 aliphatic heterocycles. The van der Waals surface area contributed by atoms with E-state index in [1.54, 1.807) is 55.5 Å². The van der Waals surface area contributed by atoms with Crippen molar-refractivity contribution in [3.63, 3.8) is 0 Å². The average Bonchev–Trinajstić information content (AvgIpc) is 2.66. The van der Waals surface area contributed by atoms with Gasteiger partial charge in [-0.25, -0.2) is 4.79 Å². The molecule has 0 bridgehead atoms. The number of nitrogens with one attached hydrogen (secondary N) is 3. The van der Waals surface area contributed by atoms with E-state index in [2.05, 4.69) is 16.0 Å². The Morgan fingerprint density at radius 3 is 2.00 bits per heavy atom. The summed E-state index contributed by atoms with van der Waals surface area (Å²) in [7, 11) is 0. The van der Waals surface area contributed by atoms with Gasteiger partial charge < -0.3 is 21.1 Å². The molecular formula is C21H25N3O4. The molecule has 0 aromatic heterocycles. The molecule has 2 rings (SSSR count). The normalized spacial score (nSPS) is 12.7. The number of carboxylic acids is 1. The zero-order chi connectivity index (χ0) is 20.7. The van der Waals surface area contributed by atoms with Gasteiger partial charge in [0.05, 0.1) is 12.0 Å². The van der Waals surface area contributed by atoms with Gasteiger partial charge in [-0.05, 0) is 50.6 Å². The molecule has 2 aromatic rings. The fourth-order valence-electron chi connectivity index (χ4n) is 2.66. The van der Waals surface area contributed by atoms with Crippen LogP contribution in [0.3, 0.4) is 0 Å². The summed E-state index contributed by atoms with van der Waals surface area (Å²) in [5, 5.41) is 17.6. The molecule has 0 heterocycles. The van der Waals surface area contributed by atoms with E-state index in [4.69, 9.17) is 0 Å². The lowest BCUT2D eigenvalue weighted by atomic mass is 9.94. The Hall–Kier alpha value is -3.35. The Morgan fingerprint density at radius 1 is 0.857 bits per heavy atom. The molecule has 7 heteroatoms. The Bertz CT molecular complexity index is 819. The number of hydrogen-bond donors (Lipinski definition) is 4. The molecule has 0 spiro atoms. The first kappa shape index (κ1) is 21.0. The van der Waals surface area contributed by atoms with E-state index in [0.29, 0.717) is 11.3 Å². The van der Waals surface area contributed by atoms with Crippen molar-refractivity contribution in [1.29, 1.82) is 0 Å². The van der Waals surface area contributed by atoms with Gasteiger partial charge in [0, 0.05) is 17.3 Å². The summed E-state index contributed by atoms with van der Waals surface area (Å²) in [6.45, 7) is 5.27. The second kappa shape index (κ2) is 9.55. The largest absolute Gasteiger partial charge is 0.481 e. The van der Waals surface area contributed by atoms with Gasteiger partial charge in [0.15, 0.2) is 0 Å². The first-order valence-corrected chi connectivity index (χ1v) is 9.04. The van der Waals surface area contributed by atoms with Gasteiger partial charge >= 0.3 is 12.0 Å². The molecule has 0 saturated carbocycles. The fraction of sp³-hybridized carbons (Fsp3) is 0.286. The predicted octanol–water partition coefficient (Wildman–Crippen LogP) is 3.41. The van der Waals surface area contributed by atoms with Gasteiger partial charge in [-0.1, -0.05) is 30.3 Å². The molecule has 2 aromatic carbocycles. The number of hydrogen-bond acceptors (Lipinski definition) is 3. The highest BCUT2D eigenvalue weighted by Crippen LogP contribution is 2.23. The van der Waals surface area contributed by atoms with E-state index >= 15 is 0 Å². The van der Waals surface area contributed by atoms with Crippen molar-refractivity contribution in [2.75, 3.05) is 5.32 Å². The van der Waals surface area contributed by atoms with Crippen LogP contribution in [0.5, 0.6) is 0 Å². The lowest BCUT2D eigenvalue weighted by molar-refractivity contribution is -0.142. The quantitative estimate of drug-likeness (QED) is 0.588. The van der Waals surface area contributed by atoms with E-state index in [-0.39, 0.29) is 18.0 Å². The first-order valence-electron chi connectivity index (χ1n) is 9.04. The van der Waals surface area contributed by atoms with Crippen LogP contribution in [-0.2, 0) is 4.79 Å². The third-order valence-corrected chi connectivity index (χ3v) is 4.16. The lowest BCUT2D eigenvalue weighted by Crippen LogP contribution is -2.35. The molecule has 3 amide bonds. The molecular weight excluding hydrogens is 358 g/mol. The van der Waals surface area contributed by atoms with Gasteiger partial charge in [-0.2, -0.15) is 0 Å². The molecule has 2 unspecified atom stereocenters. The summed E-state index contributed by atoms with van der Waals surface area (Å²) in [5.41, 5.74) is 1.64. The van der Waals surface area contributed by atoms with Crippen molar-refractivity contribution in [2.45, 2.75) is 32.9 Å². The van der Waals surface area contributed by atoms with E-state index in [0.717, 1.165) is 5.56 Å². The van der Waals surface area contributed by atoms with Crippen molar-refractivity contribution in [1.82, 2.24) is 10.6 Å². The molecule has 0 fully saturated rings. The van der Waals surface area contributed by atoms with Crippen LogP contribution in [0.15, 0.2) is 54.6 Å². The highest BCUT2D eigenvalue weighted by molar-refractivity contribution is 5.96. The van der Waals surface area contributed by atoms with E-state index in [9.17, 15) is 19.5 Å². The maximum atomic E-state index is 12.6. The average molecular weight is 383 g/mol. The zero-order valence-electron chi connectivity index (χ0n) is 16.1. The Kier molecular flexibility index (Phi) is 7.14. The third kappa shape index (κ3) is 5.84. The van der Waals surface area contributed by atoms with Crippen LogP contribution >= 0.6 is 0 Å². The summed E-state index contributed by atoms with van der Waals surface area (Å²) >= 11 is 0. The van der Waals surface area contributed by atoms with Crippen LogP contribution in [0.25, 0.3) is 0 Å². The maximum absolute atomic E-state index is 12.6. The molecule has 2 atom stereocenters.